The van der Waals surface area contributed by atoms with Crippen molar-refractivity contribution in [2.75, 3.05) is 27.6 Å². The first-order valence-electron chi connectivity index (χ1n) is 13.8. The highest BCUT2D eigenvalue weighted by Crippen LogP contribution is 2.56. The summed E-state index contributed by atoms with van der Waals surface area (Å²) in [7, 11) is 2.69. The number of hydroxylamine groups is 2. The molecule has 4 aliphatic rings. The van der Waals surface area contributed by atoms with Gasteiger partial charge in [0, 0.05) is 6.54 Å². The number of ether oxygens (including phenoxy) is 5. The number of benzene rings is 1. The van der Waals surface area contributed by atoms with Crippen LogP contribution in [0.3, 0.4) is 0 Å². The lowest BCUT2D eigenvalue weighted by Gasteiger charge is -2.42. The van der Waals surface area contributed by atoms with Gasteiger partial charge in [-0.25, -0.2) is 4.79 Å². The molecule has 1 aliphatic carbocycles. The zero-order valence-corrected chi connectivity index (χ0v) is 23.7. The molecule has 2 bridgehead atoms. The van der Waals surface area contributed by atoms with Crippen molar-refractivity contribution in [2.24, 2.45) is 0 Å². The number of carbonyl (C=O) groups excluding carboxylic acids is 2. The van der Waals surface area contributed by atoms with Crippen LogP contribution in [0, 0.1) is 0 Å². The lowest BCUT2D eigenvalue weighted by Crippen LogP contribution is -2.49. The molecular weight excluding hydrogens is 522 g/mol. The Morgan fingerprint density at radius 2 is 1.82 bits per heavy atom. The fourth-order valence-corrected chi connectivity index (χ4v) is 6.34. The molecule has 1 aromatic rings. The van der Waals surface area contributed by atoms with Crippen LogP contribution in [0.25, 0.3) is 0 Å². The molecule has 0 amide bonds. The van der Waals surface area contributed by atoms with E-state index in [2.05, 4.69) is 6.92 Å². The summed E-state index contributed by atoms with van der Waals surface area (Å²) >= 11 is 0. The Bertz CT molecular complexity index is 1190. The van der Waals surface area contributed by atoms with Gasteiger partial charge in [0.2, 0.25) is 6.79 Å². The Kier molecular flexibility index (Phi) is 7.54. The summed E-state index contributed by atoms with van der Waals surface area (Å²) in [6.07, 6.45) is 2.34. The maximum absolute atomic E-state index is 13.8. The third kappa shape index (κ3) is 5.15. The Labute approximate surface area is 233 Å². The summed E-state index contributed by atoms with van der Waals surface area (Å²) in [4.78, 5) is 32.6. The van der Waals surface area contributed by atoms with Gasteiger partial charge in [0.1, 0.15) is 11.4 Å². The van der Waals surface area contributed by atoms with Crippen molar-refractivity contribution in [3.8, 4) is 11.5 Å². The maximum atomic E-state index is 13.8. The molecule has 1 saturated heterocycles. The number of methoxy groups -OCH3 is 2. The highest BCUT2D eigenvalue weighted by molar-refractivity contribution is 5.86. The summed E-state index contributed by atoms with van der Waals surface area (Å²) in [6.45, 7) is 6.18. The van der Waals surface area contributed by atoms with Gasteiger partial charge in [0.25, 0.3) is 0 Å². The summed E-state index contributed by atoms with van der Waals surface area (Å²) in [5.41, 5.74) is -2.19. The SMILES string of the molecule is COC(=O)C[C@](O)(CCCC(C)(C)O)C(=O)O[C@@H]1C(OC)=C[C@]23CCCN(O2)[C@H](C)c2cc4c(cc2[C@H]13)OCO4. The van der Waals surface area contributed by atoms with E-state index in [1.807, 2.05) is 23.3 Å². The number of hydrogen-bond acceptors (Lipinski definition) is 11. The lowest BCUT2D eigenvalue weighted by molar-refractivity contribution is -0.276. The molecule has 0 saturated carbocycles. The van der Waals surface area contributed by atoms with Crippen LogP contribution in [-0.4, -0.2) is 77.7 Å². The normalized spacial score (nSPS) is 29.8. The van der Waals surface area contributed by atoms with Crippen LogP contribution in [0.5, 0.6) is 11.5 Å². The predicted octanol–water partition coefficient (Wildman–Crippen LogP) is 3.03. The molecule has 0 radical (unpaired) electrons. The minimum Gasteiger partial charge on any atom is -0.497 e. The fraction of sp³-hybridized carbons (Fsp3) is 0.655. The van der Waals surface area contributed by atoms with Crippen molar-refractivity contribution in [1.82, 2.24) is 5.06 Å². The van der Waals surface area contributed by atoms with Crippen LogP contribution in [0.1, 0.15) is 82.4 Å². The first-order chi connectivity index (χ1) is 18.9. The van der Waals surface area contributed by atoms with Crippen molar-refractivity contribution in [3.63, 3.8) is 0 Å². The Balaban J connectivity index is 1.52. The second-order valence-electron chi connectivity index (χ2n) is 11.8. The average Bonchev–Trinajstić information content (AvgIpc) is 3.46. The molecule has 6 atom stereocenters. The van der Waals surface area contributed by atoms with E-state index in [0.717, 1.165) is 24.1 Å². The lowest BCUT2D eigenvalue weighted by atomic mass is 9.78. The molecular formula is C29H39NO10. The van der Waals surface area contributed by atoms with Crippen molar-refractivity contribution < 1.29 is 48.3 Å². The zero-order valence-electron chi connectivity index (χ0n) is 23.7. The molecule has 3 heterocycles. The van der Waals surface area contributed by atoms with Gasteiger partial charge in [-0.3, -0.25) is 9.63 Å². The van der Waals surface area contributed by atoms with E-state index in [4.69, 9.17) is 28.5 Å². The third-order valence-electron chi connectivity index (χ3n) is 8.42. The molecule has 1 fully saturated rings. The first-order valence-corrected chi connectivity index (χ1v) is 13.8. The molecule has 0 aromatic heterocycles. The molecule has 11 nitrogen and oxygen atoms in total. The molecule has 3 aliphatic heterocycles. The van der Waals surface area contributed by atoms with Crippen LogP contribution in [0.4, 0.5) is 0 Å². The van der Waals surface area contributed by atoms with Gasteiger partial charge in [0.15, 0.2) is 23.2 Å². The van der Waals surface area contributed by atoms with Gasteiger partial charge in [-0.15, -0.1) is 0 Å². The third-order valence-corrected chi connectivity index (χ3v) is 8.42. The number of hydrogen-bond donors (Lipinski definition) is 2. The molecule has 11 heteroatoms. The largest absolute Gasteiger partial charge is 0.497 e. The predicted molar refractivity (Wildman–Crippen MR) is 140 cm³/mol. The van der Waals surface area contributed by atoms with Gasteiger partial charge in [-0.05, 0) is 82.2 Å². The van der Waals surface area contributed by atoms with Gasteiger partial charge in [-0.2, -0.15) is 5.06 Å². The van der Waals surface area contributed by atoms with Crippen molar-refractivity contribution >= 4 is 11.9 Å². The minimum absolute atomic E-state index is 0.101. The van der Waals surface area contributed by atoms with Crippen molar-refractivity contribution in [1.29, 1.82) is 0 Å². The number of nitrogens with zero attached hydrogens (tertiary/aromatic N) is 1. The molecule has 40 heavy (non-hydrogen) atoms. The number of rotatable bonds is 9. The molecule has 220 valence electrons. The van der Waals surface area contributed by atoms with Crippen LogP contribution < -0.4 is 9.47 Å². The van der Waals surface area contributed by atoms with Crippen molar-refractivity contribution in [2.45, 2.75) is 94.2 Å². The van der Waals surface area contributed by atoms with Crippen LogP contribution in [0.15, 0.2) is 24.0 Å². The van der Waals surface area contributed by atoms with Gasteiger partial charge >= 0.3 is 11.9 Å². The quantitative estimate of drug-likeness (QED) is 0.431. The average molecular weight is 562 g/mol. The molecule has 1 aromatic carbocycles. The number of aliphatic hydroxyl groups is 2. The monoisotopic (exact) mass is 561 g/mol. The van der Waals surface area contributed by atoms with Crippen molar-refractivity contribution in [3.05, 3.63) is 35.1 Å². The maximum Gasteiger partial charge on any atom is 0.339 e. The van der Waals surface area contributed by atoms with Gasteiger partial charge in [0.05, 0.1) is 38.2 Å². The van der Waals surface area contributed by atoms with Gasteiger partial charge in [-0.1, -0.05) is 0 Å². The molecule has 2 N–H and O–H groups in total. The molecule has 1 spiro atoms. The standard InChI is InChI=1S/C29H39NO10/c1-17-18-12-20-21(38-16-37-20)13-19(18)24-25(22(35-4)14-29(24)10-7-11-30(17)40-29)39-26(32)28(34,15-23(31)36-5)9-6-8-27(2,3)33/h12-14,17,24-25,33-34H,6-11,15-16H2,1-5H3/t17-,24-,25-,28-,29+/m1/s1. The number of fused-ring (bicyclic) bond motifs is 4. The highest BCUT2D eigenvalue weighted by Gasteiger charge is 2.59. The first kappa shape index (κ1) is 28.7. The van der Waals surface area contributed by atoms with Crippen LogP contribution in [0.2, 0.25) is 0 Å². The van der Waals surface area contributed by atoms with E-state index in [9.17, 15) is 19.8 Å². The summed E-state index contributed by atoms with van der Waals surface area (Å²) in [5.74, 6) is -0.593. The summed E-state index contributed by atoms with van der Waals surface area (Å²) in [5, 5.41) is 23.6. The molecule has 5 rings (SSSR count). The van der Waals surface area contributed by atoms with E-state index in [-0.39, 0.29) is 25.7 Å². The summed E-state index contributed by atoms with van der Waals surface area (Å²) in [6, 6.07) is 3.76. The summed E-state index contributed by atoms with van der Waals surface area (Å²) < 4.78 is 28.0. The minimum atomic E-state index is -2.16. The van der Waals surface area contributed by atoms with E-state index in [0.29, 0.717) is 30.1 Å². The smallest absolute Gasteiger partial charge is 0.339 e. The van der Waals surface area contributed by atoms with E-state index < -0.39 is 47.2 Å². The van der Waals surface area contributed by atoms with Gasteiger partial charge < -0.3 is 33.9 Å². The van der Waals surface area contributed by atoms with E-state index >= 15 is 0 Å². The second-order valence-corrected chi connectivity index (χ2v) is 11.8. The molecule has 1 unspecified atom stereocenters. The highest BCUT2D eigenvalue weighted by atomic mass is 16.7. The second kappa shape index (κ2) is 10.5. The zero-order chi connectivity index (χ0) is 28.9. The van der Waals surface area contributed by atoms with Crippen LogP contribution >= 0.6 is 0 Å². The fourth-order valence-electron chi connectivity index (χ4n) is 6.34. The Morgan fingerprint density at radius 1 is 1.12 bits per heavy atom. The number of carbonyl (C=O) groups is 2. The van der Waals surface area contributed by atoms with Crippen LogP contribution in [-0.2, 0) is 28.6 Å². The topological polar surface area (TPSA) is 133 Å². The van der Waals surface area contributed by atoms with E-state index in [1.54, 1.807) is 13.8 Å². The Hall–Kier alpha value is -2.86. The number of esters is 2. The Morgan fingerprint density at radius 3 is 2.48 bits per heavy atom. The van der Waals surface area contributed by atoms with E-state index in [1.165, 1.54) is 14.2 Å².